The van der Waals surface area contributed by atoms with Crippen LogP contribution in [-0.2, 0) is 0 Å². The van der Waals surface area contributed by atoms with Crippen LogP contribution in [0.2, 0.25) is 0 Å². The lowest BCUT2D eigenvalue weighted by Crippen LogP contribution is -2.09. The molecule has 0 bridgehead atoms. The highest BCUT2D eigenvalue weighted by molar-refractivity contribution is 5.90. The molecule has 0 aliphatic heterocycles. The van der Waals surface area contributed by atoms with E-state index in [0.717, 1.165) is 22.6 Å². The van der Waals surface area contributed by atoms with Crippen molar-refractivity contribution in [3.8, 4) is 17.0 Å². The maximum absolute atomic E-state index is 11.1. The van der Waals surface area contributed by atoms with E-state index in [1.807, 2.05) is 48.9 Å². The second-order valence-corrected chi connectivity index (χ2v) is 4.92. The Morgan fingerprint density at radius 1 is 1.19 bits per heavy atom. The summed E-state index contributed by atoms with van der Waals surface area (Å²) in [6.45, 7) is 3.96. The van der Waals surface area contributed by atoms with Crippen LogP contribution in [0.1, 0.15) is 21.9 Å². The number of benzene rings is 1. The maximum atomic E-state index is 11.1. The molecule has 1 aromatic carbocycles. The Morgan fingerprint density at radius 3 is 2.62 bits per heavy atom. The van der Waals surface area contributed by atoms with Gasteiger partial charge in [0.1, 0.15) is 5.76 Å². The standard InChI is InChI=1S/C16H15N3O2/c1-10-8-11(2)19(18-10)13-5-3-4-12(9-13)14-6-7-15(21-14)16(17)20/h3-9H,1-2H3,(H2,17,20). The lowest BCUT2D eigenvalue weighted by atomic mass is 10.1. The van der Waals surface area contributed by atoms with Gasteiger partial charge in [-0.15, -0.1) is 0 Å². The van der Waals surface area contributed by atoms with Crippen LogP contribution in [0.15, 0.2) is 46.9 Å². The smallest absolute Gasteiger partial charge is 0.284 e. The lowest BCUT2D eigenvalue weighted by molar-refractivity contribution is 0.0974. The minimum Gasteiger partial charge on any atom is -0.451 e. The van der Waals surface area contributed by atoms with Crippen molar-refractivity contribution in [3.63, 3.8) is 0 Å². The molecule has 0 radical (unpaired) electrons. The number of rotatable bonds is 3. The zero-order valence-electron chi connectivity index (χ0n) is 11.8. The first kappa shape index (κ1) is 13.2. The van der Waals surface area contributed by atoms with Crippen molar-refractivity contribution in [1.82, 2.24) is 9.78 Å². The molecule has 3 aromatic rings. The number of hydrogen-bond donors (Lipinski definition) is 1. The zero-order chi connectivity index (χ0) is 15.0. The Labute approximate surface area is 122 Å². The van der Waals surface area contributed by atoms with E-state index in [-0.39, 0.29) is 5.76 Å². The Hall–Kier alpha value is -2.82. The van der Waals surface area contributed by atoms with Gasteiger partial charge >= 0.3 is 0 Å². The van der Waals surface area contributed by atoms with Crippen LogP contribution in [0.5, 0.6) is 0 Å². The summed E-state index contributed by atoms with van der Waals surface area (Å²) in [6.07, 6.45) is 0. The summed E-state index contributed by atoms with van der Waals surface area (Å²) in [7, 11) is 0. The Balaban J connectivity index is 2.03. The van der Waals surface area contributed by atoms with Crippen molar-refractivity contribution < 1.29 is 9.21 Å². The largest absolute Gasteiger partial charge is 0.451 e. The first-order valence-electron chi connectivity index (χ1n) is 6.58. The summed E-state index contributed by atoms with van der Waals surface area (Å²) in [5.41, 5.74) is 9.03. The molecular weight excluding hydrogens is 266 g/mol. The number of furan rings is 1. The number of hydrogen-bond acceptors (Lipinski definition) is 3. The third-order valence-corrected chi connectivity index (χ3v) is 3.23. The maximum Gasteiger partial charge on any atom is 0.284 e. The topological polar surface area (TPSA) is 74.0 Å². The predicted molar refractivity (Wildman–Crippen MR) is 79.3 cm³/mol. The van der Waals surface area contributed by atoms with E-state index in [0.29, 0.717) is 5.76 Å². The molecule has 0 atom stereocenters. The van der Waals surface area contributed by atoms with Gasteiger partial charge in [-0.25, -0.2) is 4.68 Å². The van der Waals surface area contributed by atoms with Crippen LogP contribution >= 0.6 is 0 Å². The van der Waals surface area contributed by atoms with Crippen LogP contribution in [0.3, 0.4) is 0 Å². The van der Waals surface area contributed by atoms with Gasteiger partial charge in [-0.05, 0) is 44.2 Å². The Kier molecular flexibility index (Phi) is 3.10. The Morgan fingerprint density at radius 2 is 2.00 bits per heavy atom. The molecular formula is C16H15N3O2. The van der Waals surface area contributed by atoms with Crippen LogP contribution in [-0.4, -0.2) is 15.7 Å². The highest BCUT2D eigenvalue weighted by atomic mass is 16.3. The summed E-state index contributed by atoms with van der Waals surface area (Å²) in [5, 5.41) is 4.46. The number of aromatic nitrogens is 2. The summed E-state index contributed by atoms with van der Waals surface area (Å²) in [4.78, 5) is 11.1. The number of amides is 1. The van der Waals surface area contributed by atoms with E-state index >= 15 is 0 Å². The summed E-state index contributed by atoms with van der Waals surface area (Å²) in [5.74, 6) is 0.185. The molecule has 0 saturated heterocycles. The number of carbonyl (C=O) groups excluding carboxylic acids is 1. The third-order valence-electron chi connectivity index (χ3n) is 3.23. The van der Waals surface area contributed by atoms with E-state index in [4.69, 9.17) is 10.2 Å². The minimum atomic E-state index is -0.573. The fraction of sp³-hybridized carbons (Fsp3) is 0.125. The van der Waals surface area contributed by atoms with Gasteiger partial charge < -0.3 is 10.2 Å². The van der Waals surface area contributed by atoms with Gasteiger partial charge in [0.2, 0.25) is 0 Å². The minimum absolute atomic E-state index is 0.154. The van der Waals surface area contributed by atoms with Gasteiger partial charge in [0.05, 0.1) is 11.4 Å². The number of aryl methyl sites for hydroxylation is 2. The van der Waals surface area contributed by atoms with Gasteiger partial charge in [0.25, 0.3) is 5.91 Å². The number of primary amides is 1. The zero-order valence-corrected chi connectivity index (χ0v) is 11.8. The third kappa shape index (κ3) is 2.45. The molecule has 3 rings (SSSR count). The van der Waals surface area contributed by atoms with Crippen LogP contribution in [0, 0.1) is 13.8 Å². The SMILES string of the molecule is Cc1cc(C)n(-c2cccc(-c3ccc(C(N)=O)o3)c2)n1. The highest BCUT2D eigenvalue weighted by Crippen LogP contribution is 2.24. The molecule has 5 nitrogen and oxygen atoms in total. The molecule has 0 aliphatic rings. The van der Waals surface area contributed by atoms with E-state index in [1.165, 1.54) is 0 Å². The number of nitrogens with two attached hydrogens (primary N) is 1. The van der Waals surface area contributed by atoms with Gasteiger partial charge in [0, 0.05) is 11.3 Å². The van der Waals surface area contributed by atoms with Crippen LogP contribution in [0.25, 0.3) is 17.0 Å². The average Bonchev–Trinajstić information content (AvgIpc) is 3.06. The quantitative estimate of drug-likeness (QED) is 0.802. The van der Waals surface area contributed by atoms with Crippen molar-refractivity contribution >= 4 is 5.91 Å². The van der Waals surface area contributed by atoms with E-state index in [1.54, 1.807) is 12.1 Å². The number of carbonyl (C=O) groups is 1. The molecule has 0 spiro atoms. The monoisotopic (exact) mass is 281 g/mol. The number of nitrogens with zero attached hydrogens (tertiary/aromatic N) is 2. The van der Waals surface area contributed by atoms with Crippen molar-refractivity contribution in [3.05, 3.63) is 59.6 Å². The van der Waals surface area contributed by atoms with Crippen LogP contribution in [0.4, 0.5) is 0 Å². The first-order chi connectivity index (χ1) is 10.0. The van der Waals surface area contributed by atoms with Gasteiger partial charge in [0.15, 0.2) is 5.76 Å². The highest BCUT2D eigenvalue weighted by Gasteiger charge is 2.10. The second kappa shape index (κ2) is 4.94. The molecule has 2 heterocycles. The van der Waals surface area contributed by atoms with Crippen LogP contribution < -0.4 is 5.73 Å². The normalized spacial score (nSPS) is 10.8. The van der Waals surface area contributed by atoms with Crippen molar-refractivity contribution in [2.75, 3.05) is 0 Å². The molecule has 0 saturated carbocycles. The molecule has 0 unspecified atom stereocenters. The summed E-state index contributed by atoms with van der Waals surface area (Å²) >= 11 is 0. The predicted octanol–water partition coefficient (Wildman–Crippen LogP) is 2.85. The molecule has 1 amide bonds. The fourth-order valence-electron chi connectivity index (χ4n) is 2.31. The van der Waals surface area contributed by atoms with Gasteiger partial charge in [-0.1, -0.05) is 12.1 Å². The van der Waals surface area contributed by atoms with Crippen molar-refractivity contribution in [2.24, 2.45) is 5.73 Å². The average molecular weight is 281 g/mol. The Bertz CT molecular complexity index is 815. The van der Waals surface area contributed by atoms with E-state index < -0.39 is 5.91 Å². The second-order valence-electron chi connectivity index (χ2n) is 4.92. The summed E-state index contributed by atoms with van der Waals surface area (Å²) in [6, 6.07) is 13.1. The molecule has 2 N–H and O–H groups in total. The lowest BCUT2D eigenvalue weighted by Gasteiger charge is -2.06. The molecule has 5 heteroatoms. The van der Waals surface area contributed by atoms with E-state index in [2.05, 4.69) is 5.10 Å². The van der Waals surface area contributed by atoms with E-state index in [9.17, 15) is 4.79 Å². The molecule has 106 valence electrons. The fourth-order valence-corrected chi connectivity index (χ4v) is 2.31. The molecule has 0 aliphatic carbocycles. The van der Waals surface area contributed by atoms with Gasteiger partial charge in [-0.3, -0.25) is 4.79 Å². The molecule has 0 fully saturated rings. The molecule has 21 heavy (non-hydrogen) atoms. The molecule has 2 aromatic heterocycles. The van der Waals surface area contributed by atoms with Gasteiger partial charge in [-0.2, -0.15) is 5.10 Å². The van der Waals surface area contributed by atoms with Crippen molar-refractivity contribution in [1.29, 1.82) is 0 Å². The summed E-state index contributed by atoms with van der Waals surface area (Å²) < 4.78 is 7.33. The van der Waals surface area contributed by atoms with Crippen molar-refractivity contribution in [2.45, 2.75) is 13.8 Å². The first-order valence-corrected chi connectivity index (χ1v) is 6.58.